The first-order valence-corrected chi connectivity index (χ1v) is 11.3. The molecule has 0 aromatic rings. The van der Waals surface area contributed by atoms with Gasteiger partial charge in [-0.3, -0.25) is 45.6 Å². The Kier molecular flexibility index (Phi) is 13.3. The molecule has 12 amide bonds. The number of carbonyl (C=O) groups excluding carboxylic acids is 9. The average molecular weight is 648 g/mol. The fourth-order valence-corrected chi connectivity index (χ4v) is 3.25. The highest BCUT2D eigenvalue weighted by molar-refractivity contribution is 6.44. The number of carbonyl (C=O) groups is 9. The summed E-state index contributed by atoms with van der Waals surface area (Å²) in [7, 11) is 0. The second-order valence-corrected chi connectivity index (χ2v) is 8.10. The zero-order valence-corrected chi connectivity index (χ0v) is 21.7. The van der Waals surface area contributed by atoms with Crippen LogP contribution < -0.4 is 34.4 Å². The van der Waals surface area contributed by atoms with Crippen molar-refractivity contribution >= 4 is 69.2 Å². The first kappa shape index (κ1) is 37.3. The Morgan fingerprint density at radius 3 is 0.651 bits per heavy atom. The molecule has 0 saturated carbocycles. The van der Waals surface area contributed by atoms with Gasteiger partial charge in [-0.05, 0) is 0 Å². The number of primary amides is 6. The second kappa shape index (κ2) is 15.4. The molecule has 0 saturated heterocycles. The van der Waals surface area contributed by atoms with Gasteiger partial charge in [0.25, 0.3) is 18.5 Å². The Balaban J connectivity index is 6.83. The molecule has 0 aromatic heterocycles. The fourth-order valence-electron chi connectivity index (χ4n) is 2.17. The molecule has 0 heterocycles. The van der Waals surface area contributed by atoms with Crippen LogP contribution in [0, 0.1) is 0 Å². The van der Waals surface area contributed by atoms with E-state index < -0.39 is 118 Å². The third kappa shape index (κ3) is 9.73. The minimum Gasteiger partial charge on any atom is -0.548 e. The first-order valence-electron chi connectivity index (χ1n) is 9.85. The molecular formula is C12H21AlN12O18. The normalized spacial score (nSPS) is 10.3. The first-order chi connectivity index (χ1) is 19.6. The molecule has 0 atom stereocenters. The Hall–Kier alpha value is -5.68. The average Bonchev–Trinajstić information content (AvgIpc) is 2.87. The van der Waals surface area contributed by atoms with E-state index in [4.69, 9.17) is 34.4 Å². The highest BCUT2D eigenvalue weighted by Gasteiger charge is 2.56. The van der Waals surface area contributed by atoms with E-state index in [2.05, 4.69) is 11.4 Å². The predicted octanol–water partition coefficient (Wildman–Crippen LogP) is -6.80. The van der Waals surface area contributed by atoms with Gasteiger partial charge in [0.05, 0.1) is 0 Å². The summed E-state index contributed by atoms with van der Waals surface area (Å²) in [5.74, 6) is -7.07. The number of nitrogens with zero attached hydrogens (tertiary/aromatic N) is 6. The van der Waals surface area contributed by atoms with Crippen LogP contribution in [0.3, 0.4) is 0 Å². The van der Waals surface area contributed by atoms with Gasteiger partial charge in [-0.2, -0.15) is 30.4 Å². The van der Waals surface area contributed by atoms with E-state index in [9.17, 15) is 74.4 Å². The van der Waals surface area contributed by atoms with Crippen LogP contribution >= 0.6 is 0 Å². The van der Waals surface area contributed by atoms with Crippen LogP contribution in [0.1, 0.15) is 0 Å². The summed E-state index contributed by atoms with van der Waals surface area (Å²) >= 11 is -5.30. The molecule has 0 aliphatic heterocycles. The molecule has 43 heavy (non-hydrogen) atoms. The fraction of sp³-hybridized carbons (Fsp3) is 0.250. The van der Waals surface area contributed by atoms with E-state index >= 15 is 0 Å². The Bertz CT molecular complexity index is 959. The highest BCUT2D eigenvalue weighted by atomic mass is 27.3. The smallest absolute Gasteiger partial charge is 0.548 e. The molecule has 0 spiro atoms. The summed E-state index contributed by atoms with van der Waals surface area (Å²) in [6.07, 6.45) is -9.35. The van der Waals surface area contributed by atoms with Crippen molar-refractivity contribution in [3.05, 3.63) is 0 Å². The van der Waals surface area contributed by atoms with Gasteiger partial charge in [-0.1, -0.05) is 0 Å². The number of hydrogen-bond acceptors (Lipinski definition) is 18. The van der Waals surface area contributed by atoms with Crippen molar-refractivity contribution in [3.8, 4) is 0 Å². The number of urea groups is 6. The van der Waals surface area contributed by atoms with Crippen LogP contribution in [-0.2, 0) is 25.7 Å². The van der Waals surface area contributed by atoms with Gasteiger partial charge in [0, 0.05) is 0 Å². The molecule has 0 unspecified atom stereocenters. The van der Waals surface area contributed by atoms with Gasteiger partial charge >= 0.3 is 69.2 Å². The number of hydrogen-bond donors (Lipinski definition) is 12. The number of nitrogens with two attached hydrogens (primary N) is 6. The van der Waals surface area contributed by atoms with Crippen LogP contribution in [0.5, 0.6) is 0 Å². The summed E-state index contributed by atoms with van der Waals surface area (Å²) < 4.78 is 13.2. The molecule has 0 bridgehead atoms. The lowest BCUT2D eigenvalue weighted by molar-refractivity contribution is -0.216. The third-order valence-electron chi connectivity index (χ3n) is 4.01. The third-order valence-corrected chi connectivity index (χ3v) is 5.29. The van der Waals surface area contributed by atoms with Crippen LogP contribution in [0.4, 0.5) is 28.8 Å². The quantitative estimate of drug-likeness (QED) is 0.0405. The van der Waals surface area contributed by atoms with Crippen LogP contribution in [0.25, 0.3) is 0 Å². The van der Waals surface area contributed by atoms with Crippen LogP contribution in [0.15, 0.2) is 0 Å². The van der Waals surface area contributed by atoms with Crippen molar-refractivity contribution in [1.82, 2.24) is 30.4 Å². The minimum atomic E-state index is -5.30. The predicted molar refractivity (Wildman–Crippen MR) is 115 cm³/mol. The van der Waals surface area contributed by atoms with Gasteiger partial charge in [0.1, 0.15) is 0 Å². The number of amides is 12. The van der Waals surface area contributed by atoms with Crippen LogP contribution in [-0.4, -0.2) is 149 Å². The van der Waals surface area contributed by atoms with E-state index in [1.165, 1.54) is 0 Å². The Morgan fingerprint density at radius 2 is 0.535 bits per heavy atom. The molecule has 18 N–H and O–H groups in total. The van der Waals surface area contributed by atoms with Crippen molar-refractivity contribution in [2.24, 2.45) is 34.4 Å². The lowest BCUT2D eigenvalue weighted by Gasteiger charge is -2.31. The number of hydroxylamine groups is 12. The van der Waals surface area contributed by atoms with Crippen molar-refractivity contribution in [2.75, 3.05) is 0 Å². The lowest BCUT2D eigenvalue weighted by atomic mass is 10.4. The highest BCUT2D eigenvalue weighted by Crippen LogP contribution is 2.13. The van der Waals surface area contributed by atoms with E-state index in [0.717, 1.165) is 0 Å². The molecule has 0 aliphatic carbocycles. The van der Waals surface area contributed by atoms with Gasteiger partial charge in [0.2, 0.25) is 0 Å². The second-order valence-electron chi connectivity index (χ2n) is 6.82. The van der Waals surface area contributed by atoms with Gasteiger partial charge in [-0.25, -0.2) is 28.8 Å². The molecule has 0 aromatic carbocycles. The maximum Gasteiger partial charge on any atom is 1.20 e. The van der Waals surface area contributed by atoms with Gasteiger partial charge in [-0.15, -0.1) is 0 Å². The van der Waals surface area contributed by atoms with E-state index in [-0.39, 0.29) is 0 Å². The molecule has 0 fully saturated rings. The molecule has 31 heteroatoms. The number of rotatable bonds is 12. The maximum absolute atomic E-state index is 12.6. The topological polar surface area (TPSA) is 478 Å². The lowest BCUT2D eigenvalue weighted by Crippen LogP contribution is -2.61. The Morgan fingerprint density at radius 1 is 0.395 bits per heavy atom. The maximum atomic E-state index is 12.6. The van der Waals surface area contributed by atoms with E-state index in [1.54, 1.807) is 0 Å². The summed E-state index contributed by atoms with van der Waals surface area (Å²) in [5.41, 5.74) is 28.2. The summed E-state index contributed by atoms with van der Waals surface area (Å²) in [6, 6.07) is -12.1. The zero-order chi connectivity index (χ0) is 34.1. The summed E-state index contributed by atoms with van der Waals surface area (Å²) in [6.45, 7) is 0. The summed E-state index contributed by atoms with van der Waals surface area (Å²) in [5, 5.41) is 52.2. The monoisotopic (exact) mass is 648 g/mol. The largest absolute Gasteiger partial charge is 1.20 e. The van der Waals surface area contributed by atoms with Crippen molar-refractivity contribution in [3.63, 3.8) is 0 Å². The Labute approximate surface area is 238 Å². The molecule has 0 radical (unpaired) electrons. The van der Waals surface area contributed by atoms with Crippen molar-refractivity contribution in [2.45, 2.75) is 18.5 Å². The van der Waals surface area contributed by atoms with Crippen molar-refractivity contribution in [1.29, 1.82) is 0 Å². The van der Waals surface area contributed by atoms with Crippen LogP contribution in [0.2, 0.25) is 0 Å². The molecule has 240 valence electrons. The molecule has 0 rings (SSSR count). The molecular weight excluding hydrogens is 627 g/mol. The molecule has 0 aliphatic rings. The van der Waals surface area contributed by atoms with Gasteiger partial charge < -0.3 is 45.8 Å². The van der Waals surface area contributed by atoms with Gasteiger partial charge in [0.15, 0.2) is 0 Å². The SMILES string of the molecule is NC(=O)N(O)C(C(=O)[O][Al]([O]C(=O)C(N(O)C(N)=O)N(O)C(N)=O)[O]C(=O)C(N(O)C(N)=O)N(O)C(N)=O)N(O)C(N)=O. The standard InChI is InChI=1S/3C4H8N4O6.Al/c3*5-3(11)7(13)1(2(9)10)8(14)4(6)12;/h3*1,13-14H,(H2,5,11)(H2,6,12)(H,9,10);/q;;;+3/p-3. The van der Waals surface area contributed by atoms with E-state index in [0.29, 0.717) is 0 Å². The zero-order valence-electron chi connectivity index (χ0n) is 20.5. The minimum absolute atomic E-state index is 0.940. The molecule has 30 nitrogen and oxygen atoms in total. The van der Waals surface area contributed by atoms with Crippen molar-refractivity contribution < 1.29 is 85.8 Å². The van der Waals surface area contributed by atoms with E-state index in [1.807, 2.05) is 0 Å². The summed E-state index contributed by atoms with van der Waals surface area (Å²) in [4.78, 5) is 105.